The minimum atomic E-state index is -1.000. The van der Waals surface area contributed by atoms with Crippen molar-refractivity contribution >= 4 is 23.5 Å². The van der Waals surface area contributed by atoms with Crippen molar-refractivity contribution < 1.29 is 43.9 Å². The fraction of sp³-hybridized carbons (Fsp3) is 0.500. The summed E-state index contributed by atoms with van der Waals surface area (Å²) in [6.45, 7) is 3.35. The number of thioether (sulfide) groups is 1. The zero-order chi connectivity index (χ0) is 28.2. The maximum absolute atomic E-state index is 12.7. The molecule has 11 nitrogen and oxygen atoms in total. The molecule has 5 aliphatic heterocycles. The first-order chi connectivity index (χ1) is 19.1. The summed E-state index contributed by atoms with van der Waals surface area (Å²) in [6, 6.07) is -0.0894. The van der Waals surface area contributed by atoms with E-state index in [1.54, 1.807) is 6.92 Å². The molecule has 7 rings (SSSR count). The third kappa shape index (κ3) is 3.24. The maximum atomic E-state index is 12.7. The summed E-state index contributed by atoms with van der Waals surface area (Å²) in [5.41, 5.74) is 4.05. The summed E-state index contributed by atoms with van der Waals surface area (Å²) in [4.78, 5) is 29.2. The van der Waals surface area contributed by atoms with Crippen LogP contribution in [0.2, 0.25) is 0 Å². The smallest absolute Gasteiger partial charge is 0.375 e. The number of nitrogens with zero attached hydrogens (tertiary/aromatic N) is 2. The van der Waals surface area contributed by atoms with E-state index >= 15 is 0 Å². The highest BCUT2D eigenvalue weighted by Gasteiger charge is 2.60. The zero-order valence-corrected chi connectivity index (χ0v) is 23.3. The molecule has 5 aliphatic rings. The van der Waals surface area contributed by atoms with Gasteiger partial charge in [-0.1, -0.05) is 6.07 Å². The number of hydrogen-bond acceptors (Lipinski definition) is 12. The van der Waals surface area contributed by atoms with Crippen molar-refractivity contribution in [2.24, 2.45) is 0 Å². The molecular weight excluding hydrogens is 540 g/mol. The monoisotopic (exact) mass is 570 g/mol. The van der Waals surface area contributed by atoms with Gasteiger partial charge >= 0.3 is 5.97 Å². The van der Waals surface area contributed by atoms with Crippen LogP contribution in [0.15, 0.2) is 6.07 Å². The normalized spacial score (nSPS) is 30.8. The highest BCUT2D eigenvalue weighted by molar-refractivity contribution is 8.00. The molecule has 2 aromatic rings. The molecule has 0 saturated carbocycles. The minimum absolute atomic E-state index is 0.0155. The zero-order valence-electron chi connectivity index (χ0n) is 22.5. The van der Waals surface area contributed by atoms with Crippen molar-refractivity contribution in [1.29, 1.82) is 0 Å². The van der Waals surface area contributed by atoms with Gasteiger partial charge in [0.1, 0.15) is 18.6 Å². The van der Waals surface area contributed by atoms with Crippen LogP contribution in [0.4, 0.5) is 0 Å². The van der Waals surface area contributed by atoms with Gasteiger partial charge in [-0.15, -0.1) is 11.8 Å². The van der Waals surface area contributed by atoms with Crippen LogP contribution in [0.25, 0.3) is 0 Å². The fourth-order valence-corrected chi connectivity index (χ4v) is 8.79. The third-order valence-electron chi connectivity index (χ3n) is 9.15. The van der Waals surface area contributed by atoms with Gasteiger partial charge < -0.3 is 34.3 Å². The van der Waals surface area contributed by atoms with Gasteiger partial charge in [-0.3, -0.25) is 14.6 Å². The van der Waals surface area contributed by atoms with Crippen molar-refractivity contribution in [2.75, 3.05) is 33.3 Å². The molecular formula is C28H30N2O9S. The molecule has 3 unspecified atom stereocenters. The minimum Gasteiger partial charge on any atom is -0.507 e. The molecule has 6 atom stereocenters. The van der Waals surface area contributed by atoms with E-state index in [9.17, 15) is 24.9 Å². The number of likely N-dealkylation sites (N-methyl/N-ethyl adjacent to an activating group) is 1. The molecule has 4 bridgehead atoms. The van der Waals surface area contributed by atoms with Crippen LogP contribution in [0, 0.1) is 13.8 Å². The summed E-state index contributed by atoms with van der Waals surface area (Å²) < 4.78 is 22.7. The van der Waals surface area contributed by atoms with Crippen molar-refractivity contribution in [2.45, 2.75) is 55.9 Å². The number of aryl methyl sites for hydroxylation is 1. The Bertz CT molecular complexity index is 1480. The Labute approximate surface area is 234 Å². The lowest BCUT2D eigenvalue weighted by atomic mass is 9.73. The number of ketones is 1. The number of rotatable bonds is 1. The number of phenolic OH excluding ortho intramolecular Hbond substituents is 2. The van der Waals surface area contributed by atoms with Crippen LogP contribution >= 0.6 is 11.8 Å². The number of benzene rings is 2. The van der Waals surface area contributed by atoms with Crippen molar-refractivity contribution in [3.8, 4) is 28.7 Å². The Morgan fingerprint density at radius 2 is 1.80 bits per heavy atom. The van der Waals surface area contributed by atoms with Gasteiger partial charge in [0.05, 0.1) is 36.2 Å². The SMILES string of the molecule is COc1c(C)cc2c(c1O)C1C3[C@@H]4SCC(=O)C(=O)OC[C@@H](c5c6c(c(C)c(O)c54)OCO6)N3[C@@H](O)C(C2)N1C. The van der Waals surface area contributed by atoms with Crippen LogP contribution in [-0.4, -0.2) is 88.5 Å². The summed E-state index contributed by atoms with van der Waals surface area (Å²) in [5.74, 6) is -0.499. The van der Waals surface area contributed by atoms with Gasteiger partial charge in [-0.05, 0) is 38.4 Å². The van der Waals surface area contributed by atoms with Crippen LogP contribution in [0.5, 0.6) is 28.7 Å². The molecule has 0 radical (unpaired) electrons. The third-order valence-corrected chi connectivity index (χ3v) is 10.5. The van der Waals surface area contributed by atoms with Crippen molar-refractivity contribution in [3.63, 3.8) is 0 Å². The highest BCUT2D eigenvalue weighted by atomic mass is 32.2. The van der Waals surface area contributed by atoms with Crippen molar-refractivity contribution in [3.05, 3.63) is 39.4 Å². The van der Waals surface area contributed by atoms with E-state index in [0.29, 0.717) is 45.9 Å². The first-order valence-corrected chi connectivity index (χ1v) is 14.2. The number of ether oxygens (including phenoxy) is 4. The van der Waals surface area contributed by atoms with E-state index in [-0.39, 0.29) is 36.7 Å². The number of cyclic esters (lactones) is 1. The molecule has 3 N–H and O–H groups in total. The van der Waals surface area contributed by atoms with Gasteiger partial charge in [-0.25, -0.2) is 4.79 Å². The van der Waals surface area contributed by atoms with E-state index in [0.717, 1.165) is 11.1 Å². The number of esters is 1. The molecule has 12 heteroatoms. The average molecular weight is 571 g/mol. The molecule has 40 heavy (non-hydrogen) atoms. The lowest BCUT2D eigenvalue weighted by molar-refractivity contribution is -0.184. The number of aliphatic hydroxyl groups excluding tert-OH is 1. The molecule has 5 heterocycles. The summed E-state index contributed by atoms with van der Waals surface area (Å²) >= 11 is 1.21. The Hall–Kier alpha value is -3.19. The van der Waals surface area contributed by atoms with E-state index < -0.39 is 41.4 Å². The molecule has 212 valence electrons. The van der Waals surface area contributed by atoms with Crippen LogP contribution in [0.1, 0.15) is 50.7 Å². The first-order valence-electron chi connectivity index (χ1n) is 13.2. The number of Topliss-reactive ketones (excluding diaryl/α,β-unsaturated/α-hetero) is 1. The molecule has 0 aliphatic carbocycles. The number of aromatic hydroxyl groups is 2. The predicted octanol–water partition coefficient (Wildman–Crippen LogP) is 2.01. The summed E-state index contributed by atoms with van der Waals surface area (Å²) in [6.07, 6.45) is -0.530. The Balaban J connectivity index is 1.53. The number of methoxy groups -OCH3 is 1. The molecule has 2 fully saturated rings. The number of hydrogen-bond donors (Lipinski definition) is 3. The molecule has 0 spiro atoms. The fourth-order valence-electron chi connectivity index (χ4n) is 7.45. The van der Waals surface area contributed by atoms with E-state index in [2.05, 4.69) is 4.90 Å². The molecule has 2 aromatic carbocycles. The standard InChI is InChI=1S/C28H30N2O9S/c1-10-5-12-6-13-27(34)30-14-7-37-28(35)15(31)8-40-26(18-17(14)25-24(38-9-39-25)11(2)21(18)32)20(30)19(29(13)3)16(12)22(33)23(10)36-4/h5,13-14,19-20,26-27,32-34H,6-9H2,1-4H3/t13?,14-,19?,20?,26+,27-/m0/s1. The lowest BCUT2D eigenvalue weighted by Gasteiger charge is -2.61. The number of aliphatic hydroxyl groups is 1. The van der Waals surface area contributed by atoms with Crippen LogP contribution < -0.4 is 14.2 Å². The van der Waals surface area contributed by atoms with Crippen molar-refractivity contribution in [1.82, 2.24) is 9.80 Å². The quantitative estimate of drug-likeness (QED) is 0.342. The molecule has 0 amide bonds. The maximum Gasteiger partial charge on any atom is 0.375 e. The van der Waals surface area contributed by atoms with Gasteiger partial charge in [0.25, 0.3) is 0 Å². The van der Waals surface area contributed by atoms with E-state index in [4.69, 9.17) is 18.9 Å². The van der Waals surface area contributed by atoms with Crippen LogP contribution in [0.3, 0.4) is 0 Å². The number of phenols is 2. The Morgan fingerprint density at radius 3 is 2.55 bits per heavy atom. The molecule has 0 aromatic heterocycles. The van der Waals surface area contributed by atoms with Gasteiger partial charge in [0.15, 0.2) is 23.0 Å². The van der Waals surface area contributed by atoms with Gasteiger partial charge in [0, 0.05) is 28.3 Å². The first kappa shape index (κ1) is 25.8. The number of carbonyl (C=O) groups excluding carboxylic acids is 2. The largest absolute Gasteiger partial charge is 0.507 e. The van der Waals surface area contributed by atoms with Crippen LogP contribution in [-0.2, 0) is 20.7 Å². The highest BCUT2D eigenvalue weighted by Crippen LogP contribution is 2.63. The van der Waals surface area contributed by atoms with Gasteiger partial charge in [-0.2, -0.15) is 0 Å². The number of fused-ring (bicyclic) bond motifs is 9. The summed E-state index contributed by atoms with van der Waals surface area (Å²) in [5, 5.41) is 34.6. The molecule has 2 saturated heterocycles. The second kappa shape index (κ2) is 8.90. The Morgan fingerprint density at radius 1 is 1.05 bits per heavy atom. The topological polar surface area (TPSA) is 138 Å². The average Bonchev–Trinajstić information content (AvgIpc) is 3.41. The van der Waals surface area contributed by atoms with E-state index in [1.165, 1.54) is 18.9 Å². The number of carbonyl (C=O) groups is 2. The summed E-state index contributed by atoms with van der Waals surface area (Å²) in [7, 11) is 3.43. The number of piperazine rings is 1. The lowest BCUT2D eigenvalue weighted by Crippen LogP contribution is -2.69. The Kier molecular flexibility index (Phi) is 5.73. The second-order valence-corrected chi connectivity index (χ2v) is 12.1. The predicted molar refractivity (Wildman–Crippen MR) is 142 cm³/mol. The van der Waals surface area contributed by atoms with E-state index in [1.807, 2.05) is 24.9 Å². The van der Waals surface area contributed by atoms with Gasteiger partial charge in [0.2, 0.25) is 12.6 Å². The second-order valence-electron chi connectivity index (χ2n) is 11.0.